The predicted molar refractivity (Wildman–Crippen MR) is 144 cm³/mol. The molecule has 0 spiro atoms. The highest BCUT2D eigenvalue weighted by Gasteiger charge is 2.34. The minimum Gasteiger partial charge on any atom is -0.494 e. The molecular formula is C28H29ClN4O4. The van der Waals surface area contributed by atoms with Crippen molar-refractivity contribution in [1.29, 1.82) is 0 Å². The second-order valence-corrected chi connectivity index (χ2v) is 9.57. The number of rotatable bonds is 8. The molecule has 8 nitrogen and oxygen atoms in total. The highest BCUT2D eigenvalue weighted by molar-refractivity contribution is 6.30. The largest absolute Gasteiger partial charge is 0.494 e. The minimum atomic E-state index is -1.14. The summed E-state index contributed by atoms with van der Waals surface area (Å²) in [6.45, 7) is 7.71. The van der Waals surface area contributed by atoms with Gasteiger partial charge in [-0.25, -0.2) is 14.8 Å². The summed E-state index contributed by atoms with van der Waals surface area (Å²) in [5, 5.41) is 11.9. The summed E-state index contributed by atoms with van der Waals surface area (Å²) < 4.78 is 13.5. The van der Waals surface area contributed by atoms with Gasteiger partial charge >= 0.3 is 5.97 Å². The fourth-order valence-electron chi connectivity index (χ4n) is 5.21. The van der Waals surface area contributed by atoms with Crippen LogP contribution in [0.15, 0.2) is 42.7 Å². The monoisotopic (exact) mass is 520 g/mol. The van der Waals surface area contributed by atoms with E-state index < -0.39 is 12.1 Å². The molecule has 0 saturated carbocycles. The number of aryl methyl sites for hydroxylation is 1. The van der Waals surface area contributed by atoms with E-state index in [0.717, 1.165) is 45.5 Å². The lowest BCUT2D eigenvalue weighted by molar-refractivity contribution is -0.150. The van der Waals surface area contributed by atoms with E-state index in [1.165, 1.54) is 0 Å². The van der Waals surface area contributed by atoms with Crippen LogP contribution in [-0.4, -0.2) is 45.9 Å². The standard InChI is InChI=1S/C28H29ClN4O4/c1-5-12-37-26(27(34)35)22-17(3)24-25-21(23(22)18-6-8-19(29)9-7-18)13-16(2)32(25)10-11-33(24)28-30-14-20(36-4)15-31-28/h6-9,13-15,26H,5,10-12H2,1-4H3,(H,34,35)/t26-/m0/s1. The summed E-state index contributed by atoms with van der Waals surface area (Å²) in [6, 6.07) is 9.64. The average Bonchev–Trinajstić information content (AvgIpc) is 3.23. The highest BCUT2D eigenvalue weighted by Crippen LogP contribution is 2.48. The smallest absolute Gasteiger partial charge is 0.337 e. The Morgan fingerprint density at radius 1 is 1.16 bits per heavy atom. The van der Waals surface area contributed by atoms with E-state index in [2.05, 4.69) is 32.4 Å². The molecule has 5 rings (SSSR count). The van der Waals surface area contributed by atoms with Crippen LogP contribution in [0.1, 0.15) is 36.3 Å². The third-order valence-electron chi connectivity index (χ3n) is 6.84. The molecule has 1 N–H and O–H groups in total. The summed E-state index contributed by atoms with van der Waals surface area (Å²) in [7, 11) is 1.58. The van der Waals surface area contributed by atoms with Crippen LogP contribution in [0.5, 0.6) is 5.75 Å². The number of ether oxygens (including phenoxy) is 2. The Labute approximate surface area is 220 Å². The Balaban J connectivity index is 1.86. The quantitative estimate of drug-likeness (QED) is 0.301. The normalized spacial score (nSPS) is 13.7. The van der Waals surface area contributed by atoms with Crippen molar-refractivity contribution in [3.05, 3.63) is 64.6 Å². The number of aliphatic carboxylic acids is 1. The SMILES string of the molecule is CCCO[C@H](C(=O)O)c1c(C)c2c3c(cc(C)n3CCN2c2ncc(OC)cn2)c1-c1ccc(Cl)cc1. The number of methoxy groups -OCH3 is 1. The first kappa shape index (κ1) is 25.0. The van der Waals surface area contributed by atoms with Crippen LogP contribution < -0.4 is 9.64 Å². The molecule has 0 fully saturated rings. The first-order valence-electron chi connectivity index (χ1n) is 12.3. The molecular weight excluding hydrogens is 492 g/mol. The van der Waals surface area contributed by atoms with Crippen LogP contribution >= 0.6 is 11.6 Å². The fraction of sp³-hybridized carbons (Fsp3) is 0.321. The maximum atomic E-state index is 12.6. The van der Waals surface area contributed by atoms with Crippen molar-refractivity contribution in [2.75, 3.05) is 25.2 Å². The first-order chi connectivity index (χ1) is 17.8. The second-order valence-electron chi connectivity index (χ2n) is 9.13. The molecule has 3 heterocycles. The van der Waals surface area contributed by atoms with Crippen molar-refractivity contribution in [2.24, 2.45) is 0 Å². The van der Waals surface area contributed by atoms with E-state index >= 15 is 0 Å². The molecule has 2 aromatic heterocycles. The van der Waals surface area contributed by atoms with Crippen LogP contribution in [-0.2, 0) is 16.1 Å². The van der Waals surface area contributed by atoms with E-state index in [1.807, 2.05) is 38.1 Å². The van der Waals surface area contributed by atoms with Crippen LogP contribution in [0, 0.1) is 13.8 Å². The topological polar surface area (TPSA) is 89.7 Å². The maximum Gasteiger partial charge on any atom is 0.337 e. The zero-order chi connectivity index (χ0) is 26.3. The van der Waals surface area contributed by atoms with Gasteiger partial charge in [0.15, 0.2) is 11.9 Å². The molecule has 2 aromatic carbocycles. The maximum absolute atomic E-state index is 12.6. The summed E-state index contributed by atoms with van der Waals surface area (Å²) in [5.74, 6) is 0.0684. The summed E-state index contributed by atoms with van der Waals surface area (Å²) in [5.41, 5.74) is 6.18. The number of benzene rings is 2. The molecule has 0 aliphatic carbocycles. The number of carbonyl (C=O) groups is 1. The van der Waals surface area contributed by atoms with E-state index in [9.17, 15) is 9.90 Å². The van der Waals surface area contributed by atoms with Gasteiger partial charge < -0.3 is 24.0 Å². The molecule has 1 aliphatic heterocycles. The molecule has 0 radical (unpaired) electrons. The van der Waals surface area contributed by atoms with Crippen LogP contribution in [0.3, 0.4) is 0 Å². The number of carboxylic acids is 1. The molecule has 0 bridgehead atoms. The first-order valence-corrected chi connectivity index (χ1v) is 12.6. The fourth-order valence-corrected chi connectivity index (χ4v) is 5.34. The molecule has 192 valence electrons. The Bertz CT molecular complexity index is 1470. The van der Waals surface area contributed by atoms with Crippen molar-refractivity contribution in [3.63, 3.8) is 0 Å². The summed E-state index contributed by atoms with van der Waals surface area (Å²) >= 11 is 6.21. The van der Waals surface area contributed by atoms with Gasteiger partial charge in [0.25, 0.3) is 0 Å². The minimum absolute atomic E-state index is 0.329. The van der Waals surface area contributed by atoms with Crippen molar-refractivity contribution in [3.8, 4) is 16.9 Å². The summed E-state index contributed by atoms with van der Waals surface area (Å²) in [4.78, 5) is 23.8. The molecule has 0 amide bonds. The van der Waals surface area contributed by atoms with Gasteiger partial charge in [-0.2, -0.15) is 0 Å². The van der Waals surface area contributed by atoms with Crippen LogP contribution in [0.25, 0.3) is 22.0 Å². The molecule has 4 aromatic rings. The molecule has 0 saturated heterocycles. The predicted octanol–water partition coefficient (Wildman–Crippen LogP) is 6.08. The Hall–Kier alpha value is -3.62. The lowest BCUT2D eigenvalue weighted by Gasteiger charge is -2.33. The van der Waals surface area contributed by atoms with Gasteiger partial charge in [-0.05, 0) is 55.2 Å². The number of anilines is 2. The van der Waals surface area contributed by atoms with Gasteiger partial charge in [0.1, 0.15) is 0 Å². The van der Waals surface area contributed by atoms with E-state index in [0.29, 0.717) is 41.9 Å². The highest BCUT2D eigenvalue weighted by atomic mass is 35.5. The second kappa shape index (κ2) is 10.0. The van der Waals surface area contributed by atoms with Gasteiger partial charge in [-0.15, -0.1) is 0 Å². The molecule has 1 atom stereocenters. The van der Waals surface area contributed by atoms with Gasteiger partial charge in [-0.3, -0.25) is 0 Å². The van der Waals surface area contributed by atoms with Gasteiger partial charge in [-0.1, -0.05) is 30.7 Å². The Morgan fingerprint density at radius 2 is 1.86 bits per heavy atom. The van der Waals surface area contributed by atoms with E-state index in [-0.39, 0.29) is 0 Å². The molecule has 9 heteroatoms. The third kappa shape index (κ3) is 4.30. The van der Waals surface area contributed by atoms with Gasteiger partial charge in [0.2, 0.25) is 5.95 Å². The van der Waals surface area contributed by atoms with Gasteiger partial charge in [0.05, 0.1) is 30.7 Å². The van der Waals surface area contributed by atoms with E-state index in [1.54, 1.807) is 19.5 Å². The zero-order valence-electron chi connectivity index (χ0n) is 21.3. The number of carboxylic acid groups (broad SMARTS) is 1. The van der Waals surface area contributed by atoms with Crippen LogP contribution in [0.2, 0.25) is 5.02 Å². The third-order valence-corrected chi connectivity index (χ3v) is 7.09. The van der Waals surface area contributed by atoms with Crippen molar-refractivity contribution in [1.82, 2.24) is 14.5 Å². The summed E-state index contributed by atoms with van der Waals surface area (Å²) in [6.07, 6.45) is 2.84. The number of hydrogen-bond acceptors (Lipinski definition) is 6. The van der Waals surface area contributed by atoms with Crippen molar-refractivity contribution < 1.29 is 19.4 Å². The van der Waals surface area contributed by atoms with E-state index in [4.69, 9.17) is 21.1 Å². The van der Waals surface area contributed by atoms with Gasteiger partial charge in [0, 0.05) is 41.4 Å². The molecule has 1 aliphatic rings. The Kier molecular flexibility index (Phi) is 6.79. The number of hydrogen-bond donors (Lipinski definition) is 1. The zero-order valence-corrected chi connectivity index (χ0v) is 22.0. The number of nitrogens with zero attached hydrogens (tertiary/aromatic N) is 4. The number of aromatic nitrogens is 3. The average molecular weight is 521 g/mol. The lowest BCUT2D eigenvalue weighted by Crippen LogP contribution is -2.31. The molecule has 37 heavy (non-hydrogen) atoms. The Morgan fingerprint density at radius 3 is 2.49 bits per heavy atom. The van der Waals surface area contributed by atoms with Crippen LogP contribution in [0.4, 0.5) is 11.6 Å². The molecule has 0 unspecified atom stereocenters. The van der Waals surface area contributed by atoms with Crippen molar-refractivity contribution >= 4 is 40.1 Å². The number of halogens is 1. The van der Waals surface area contributed by atoms with Crippen molar-refractivity contribution in [2.45, 2.75) is 39.8 Å². The lowest BCUT2D eigenvalue weighted by atomic mass is 9.87.